The van der Waals surface area contributed by atoms with E-state index in [-0.39, 0.29) is 36.0 Å². The van der Waals surface area contributed by atoms with Crippen LogP contribution in [0.25, 0.3) is 0 Å². The summed E-state index contributed by atoms with van der Waals surface area (Å²) in [6.45, 7) is 4.96. The summed E-state index contributed by atoms with van der Waals surface area (Å²) < 4.78 is 13.1. The molecule has 0 spiro atoms. The number of nitrogens with one attached hydrogen (secondary N) is 1. The van der Waals surface area contributed by atoms with Gasteiger partial charge < -0.3 is 15.1 Å². The second kappa shape index (κ2) is 10.6. The molecule has 0 aromatic heterocycles. The molecule has 6 nitrogen and oxygen atoms in total. The number of likely N-dealkylation sites (N-methyl/N-ethyl adjacent to an activating group) is 1. The SMILES string of the molecule is CCN(CC(=O)Nc1cc(Cl)ccc1C)C(=O)C1CCN(C(=O)c2ccc(F)cc2)CC1. The number of carbonyl (C=O) groups is 3. The third-order valence-corrected chi connectivity index (χ3v) is 5.96. The molecule has 1 saturated heterocycles. The lowest BCUT2D eigenvalue weighted by Gasteiger charge is -2.34. The van der Waals surface area contributed by atoms with E-state index in [4.69, 9.17) is 11.6 Å². The molecule has 0 unspecified atom stereocenters. The van der Waals surface area contributed by atoms with Crippen LogP contribution in [0.15, 0.2) is 42.5 Å². The number of aryl methyl sites for hydroxylation is 1. The highest BCUT2D eigenvalue weighted by atomic mass is 35.5. The molecular weight excluding hydrogens is 433 g/mol. The van der Waals surface area contributed by atoms with Gasteiger partial charge in [0.05, 0.1) is 6.54 Å². The summed E-state index contributed by atoms with van der Waals surface area (Å²) >= 11 is 6.00. The van der Waals surface area contributed by atoms with E-state index in [0.29, 0.717) is 48.7 Å². The molecule has 2 aromatic carbocycles. The van der Waals surface area contributed by atoms with Crippen LogP contribution in [0.4, 0.5) is 10.1 Å². The third kappa shape index (κ3) is 5.85. The van der Waals surface area contributed by atoms with Gasteiger partial charge >= 0.3 is 0 Å². The Balaban J connectivity index is 1.54. The van der Waals surface area contributed by atoms with Crippen LogP contribution in [0.5, 0.6) is 0 Å². The van der Waals surface area contributed by atoms with Gasteiger partial charge in [0.2, 0.25) is 11.8 Å². The third-order valence-electron chi connectivity index (χ3n) is 5.72. The van der Waals surface area contributed by atoms with Gasteiger partial charge in [-0.1, -0.05) is 17.7 Å². The van der Waals surface area contributed by atoms with E-state index in [9.17, 15) is 18.8 Å². The number of benzene rings is 2. The summed E-state index contributed by atoms with van der Waals surface area (Å²) in [7, 11) is 0. The van der Waals surface area contributed by atoms with Crippen molar-refractivity contribution >= 4 is 35.0 Å². The highest BCUT2D eigenvalue weighted by Gasteiger charge is 2.31. The molecule has 0 atom stereocenters. The Morgan fingerprint density at radius 1 is 1.12 bits per heavy atom. The lowest BCUT2D eigenvalue weighted by Crippen LogP contribution is -2.46. The number of anilines is 1. The molecule has 1 fully saturated rings. The number of nitrogens with zero attached hydrogens (tertiary/aromatic N) is 2. The fraction of sp³-hybridized carbons (Fsp3) is 0.375. The van der Waals surface area contributed by atoms with E-state index in [1.807, 2.05) is 19.9 Å². The highest BCUT2D eigenvalue weighted by molar-refractivity contribution is 6.31. The van der Waals surface area contributed by atoms with E-state index in [1.165, 1.54) is 29.2 Å². The van der Waals surface area contributed by atoms with E-state index in [2.05, 4.69) is 5.32 Å². The first-order chi connectivity index (χ1) is 15.3. The van der Waals surface area contributed by atoms with Crippen LogP contribution >= 0.6 is 11.6 Å². The van der Waals surface area contributed by atoms with Crippen LogP contribution in [0, 0.1) is 18.7 Å². The van der Waals surface area contributed by atoms with Crippen molar-refractivity contribution in [1.82, 2.24) is 9.80 Å². The monoisotopic (exact) mass is 459 g/mol. The minimum atomic E-state index is -0.389. The predicted octanol–water partition coefficient (Wildman–Crippen LogP) is 4.13. The van der Waals surface area contributed by atoms with Crippen molar-refractivity contribution in [2.75, 3.05) is 31.5 Å². The van der Waals surface area contributed by atoms with Crippen LogP contribution in [-0.4, -0.2) is 53.7 Å². The predicted molar refractivity (Wildman–Crippen MR) is 122 cm³/mol. The quantitative estimate of drug-likeness (QED) is 0.706. The van der Waals surface area contributed by atoms with Crippen LogP contribution < -0.4 is 5.32 Å². The number of hydrogen-bond donors (Lipinski definition) is 1. The number of halogens is 2. The van der Waals surface area contributed by atoms with Crippen LogP contribution in [0.3, 0.4) is 0 Å². The summed E-state index contributed by atoms with van der Waals surface area (Å²) in [4.78, 5) is 41.3. The van der Waals surface area contributed by atoms with Crippen molar-refractivity contribution in [3.8, 4) is 0 Å². The molecule has 2 aromatic rings. The van der Waals surface area contributed by atoms with Crippen molar-refractivity contribution in [2.24, 2.45) is 5.92 Å². The first kappa shape index (κ1) is 23.7. The molecule has 1 heterocycles. The molecular formula is C24H27ClFN3O3. The topological polar surface area (TPSA) is 69.7 Å². The largest absolute Gasteiger partial charge is 0.339 e. The van der Waals surface area contributed by atoms with Gasteiger partial charge in [0.1, 0.15) is 5.82 Å². The number of likely N-dealkylation sites (tertiary alicyclic amines) is 1. The first-order valence-corrected chi connectivity index (χ1v) is 11.1. The van der Waals surface area contributed by atoms with E-state index >= 15 is 0 Å². The average molecular weight is 460 g/mol. The Labute approximate surface area is 192 Å². The van der Waals surface area contributed by atoms with E-state index < -0.39 is 0 Å². The zero-order chi connectivity index (χ0) is 23.3. The van der Waals surface area contributed by atoms with Gasteiger partial charge in [0.25, 0.3) is 5.91 Å². The van der Waals surface area contributed by atoms with Gasteiger partial charge in [-0.3, -0.25) is 14.4 Å². The summed E-state index contributed by atoms with van der Waals surface area (Å²) in [5, 5.41) is 3.35. The summed E-state index contributed by atoms with van der Waals surface area (Å²) in [6, 6.07) is 10.7. The molecule has 3 amide bonds. The lowest BCUT2D eigenvalue weighted by molar-refractivity contribution is -0.139. The summed E-state index contributed by atoms with van der Waals surface area (Å²) in [6.07, 6.45) is 1.05. The maximum atomic E-state index is 13.1. The minimum absolute atomic E-state index is 0.0456. The molecule has 1 N–H and O–H groups in total. The van der Waals surface area contributed by atoms with E-state index in [0.717, 1.165) is 5.56 Å². The second-order valence-electron chi connectivity index (χ2n) is 7.93. The van der Waals surface area contributed by atoms with Crippen molar-refractivity contribution in [1.29, 1.82) is 0 Å². The molecule has 1 aliphatic heterocycles. The number of hydrogen-bond acceptors (Lipinski definition) is 3. The molecule has 3 rings (SSSR count). The number of carbonyl (C=O) groups excluding carboxylic acids is 3. The molecule has 1 aliphatic rings. The van der Waals surface area contributed by atoms with Crippen molar-refractivity contribution in [3.05, 3.63) is 64.4 Å². The van der Waals surface area contributed by atoms with Gasteiger partial charge in [-0.15, -0.1) is 0 Å². The van der Waals surface area contributed by atoms with Crippen molar-refractivity contribution in [2.45, 2.75) is 26.7 Å². The molecule has 8 heteroatoms. The Hall–Kier alpha value is -2.93. The lowest BCUT2D eigenvalue weighted by atomic mass is 9.94. The van der Waals surface area contributed by atoms with Gasteiger partial charge in [-0.2, -0.15) is 0 Å². The molecule has 32 heavy (non-hydrogen) atoms. The maximum absolute atomic E-state index is 13.1. The zero-order valence-corrected chi connectivity index (χ0v) is 19.0. The molecule has 170 valence electrons. The van der Waals surface area contributed by atoms with Crippen molar-refractivity contribution in [3.63, 3.8) is 0 Å². The van der Waals surface area contributed by atoms with Gasteiger partial charge in [0.15, 0.2) is 0 Å². The fourth-order valence-electron chi connectivity index (χ4n) is 3.80. The fourth-order valence-corrected chi connectivity index (χ4v) is 3.97. The standard InChI is InChI=1S/C24H27ClFN3O3/c1-3-28(15-22(30)27-21-14-19(25)7-4-16(21)2)23(31)18-10-12-29(13-11-18)24(32)17-5-8-20(26)9-6-17/h4-9,14,18H,3,10-13,15H2,1-2H3,(H,27,30). The van der Waals surface area contributed by atoms with Gasteiger partial charge in [0, 0.05) is 41.8 Å². The molecule has 0 radical (unpaired) electrons. The number of rotatable bonds is 6. The number of amides is 3. The average Bonchev–Trinajstić information content (AvgIpc) is 2.79. The smallest absolute Gasteiger partial charge is 0.253 e. The minimum Gasteiger partial charge on any atom is -0.339 e. The van der Waals surface area contributed by atoms with Crippen LogP contribution in [-0.2, 0) is 9.59 Å². The summed E-state index contributed by atoms with van der Waals surface area (Å²) in [5.74, 6) is -1.17. The zero-order valence-electron chi connectivity index (χ0n) is 18.2. The highest BCUT2D eigenvalue weighted by Crippen LogP contribution is 2.23. The van der Waals surface area contributed by atoms with Gasteiger partial charge in [-0.25, -0.2) is 4.39 Å². The molecule has 0 aliphatic carbocycles. The Bertz CT molecular complexity index is 988. The second-order valence-corrected chi connectivity index (χ2v) is 8.37. The first-order valence-electron chi connectivity index (χ1n) is 10.7. The normalized spacial score (nSPS) is 14.2. The molecule has 0 saturated carbocycles. The number of piperidine rings is 1. The maximum Gasteiger partial charge on any atom is 0.253 e. The Morgan fingerprint density at radius 2 is 1.78 bits per heavy atom. The van der Waals surface area contributed by atoms with Crippen LogP contribution in [0.1, 0.15) is 35.7 Å². The molecule has 0 bridgehead atoms. The Kier molecular flexibility index (Phi) is 7.85. The van der Waals surface area contributed by atoms with Crippen molar-refractivity contribution < 1.29 is 18.8 Å². The van der Waals surface area contributed by atoms with Gasteiger partial charge in [-0.05, 0) is 68.7 Å². The van der Waals surface area contributed by atoms with Crippen LogP contribution in [0.2, 0.25) is 5.02 Å². The Morgan fingerprint density at radius 3 is 2.41 bits per heavy atom. The van der Waals surface area contributed by atoms with E-state index in [1.54, 1.807) is 17.0 Å². The summed E-state index contributed by atoms with van der Waals surface area (Å²) in [5.41, 5.74) is 1.94.